The van der Waals surface area contributed by atoms with E-state index < -0.39 is 0 Å². The summed E-state index contributed by atoms with van der Waals surface area (Å²) in [4.78, 5) is 18.2. The van der Waals surface area contributed by atoms with Gasteiger partial charge in [0.25, 0.3) is 5.91 Å². The van der Waals surface area contributed by atoms with Gasteiger partial charge in [-0.15, -0.1) is 0 Å². The van der Waals surface area contributed by atoms with Crippen LogP contribution in [0.2, 0.25) is 0 Å². The fourth-order valence-electron chi connectivity index (χ4n) is 2.58. The van der Waals surface area contributed by atoms with Crippen molar-refractivity contribution in [3.8, 4) is 0 Å². The average Bonchev–Trinajstić information content (AvgIpc) is 3.27. The molecule has 3 aliphatic heterocycles. The molecule has 3 aliphatic rings. The first kappa shape index (κ1) is 15.4. The highest BCUT2D eigenvalue weighted by molar-refractivity contribution is 8.14. The van der Waals surface area contributed by atoms with Gasteiger partial charge in [0.05, 0.1) is 6.54 Å². The van der Waals surface area contributed by atoms with Gasteiger partial charge in [-0.3, -0.25) is 9.79 Å². The SMILES string of the molecule is C1CN2CCSC2=N1.O=C(Nc1ccccc1)C1CCCO1. The summed E-state index contributed by atoms with van der Waals surface area (Å²) in [6.45, 7) is 4.13. The Labute approximate surface area is 135 Å². The van der Waals surface area contributed by atoms with Crippen molar-refractivity contribution in [2.75, 3.05) is 37.3 Å². The second kappa shape index (κ2) is 7.65. The van der Waals surface area contributed by atoms with Gasteiger partial charge >= 0.3 is 0 Å². The van der Waals surface area contributed by atoms with Gasteiger partial charge in [-0.2, -0.15) is 0 Å². The molecule has 4 rings (SSSR count). The molecule has 3 heterocycles. The highest BCUT2D eigenvalue weighted by Gasteiger charge is 2.23. The maximum Gasteiger partial charge on any atom is 0.253 e. The third-order valence-corrected chi connectivity index (χ3v) is 4.78. The van der Waals surface area contributed by atoms with Crippen molar-refractivity contribution in [1.29, 1.82) is 0 Å². The number of benzene rings is 1. The number of carbonyl (C=O) groups is 1. The number of ether oxygens (including phenoxy) is 1. The predicted octanol–water partition coefficient (Wildman–Crippen LogP) is 2.21. The quantitative estimate of drug-likeness (QED) is 0.908. The van der Waals surface area contributed by atoms with Crippen LogP contribution in [-0.2, 0) is 9.53 Å². The average molecular weight is 319 g/mol. The van der Waals surface area contributed by atoms with Crippen LogP contribution < -0.4 is 5.32 Å². The zero-order valence-electron chi connectivity index (χ0n) is 12.5. The van der Waals surface area contributed by atoms with Crippen molar-refractivity contribution in [2.24, 2.45) is 4.99 Å². The second-order valence-electron chi connectivity index (χ2n) is 5.36. The Morgan fingerprint density at radius 3 is 2.91 bits per heavy atom. The van der Waals surface area contributed by atoms with E-state index in [1.165, 1.54) is 24.0 Å². The first-order valence-corrected chi connectivity index (χ1v) is 8.71. The monoisotopic (exact) mass is 319 g/mol. The molecule has 0 spiro atoms. The predicted molar refractivity (Wildman–Crippen MR) is 90.4 cm³/mol. The maximum atomic E-state index is 11.6. The van der Waals surface area contributed by atoms with Gasteiger partial charge in [0.15, 0.2) is 5.17 Å². The fourth-order valence-corrected chi connectivity index (χ4v) is 3.62. The fraction of sp³-hybridized carbons (Fsp3) is 0.500. The van der Waals surface area contributed by atoms with Crippen molar-refractivity contribution in [2.45, 2.75) is 18.9 Å². The van der Waals surface area contributed by atoms with Crippen LogP contribution in [0, 0.1) is 0 Å². The molecular weight excluding hydrogens is 298 g/mol. The lowest BCUT2D eigenvalue weighted by atomic mass is 10.2. The summed E-state index contributed by atoms with van der Waals surface area (Å²) in [5.74, 6) is 1.22. The number of anilines is 1. The van der Waals surface area contributed by atoms with Crippen LogP contribution in [0.25, 0.3) is 0 Å². The number of carbonyl (C=O) groups excluding carboxylic acids is 1. The molecule has 6 heteroatoms. The van der Waals surface area contributed by atoms with E-state index in [-0.39, 0.29) is 12.0 Å². The Morgan fingerprint density at radius 1 is 1.32 bits per heavy atom. The second-order valence-corrected chi connectivity index (χ2v) is 6.42. The van der Waals surface area contributed by atoms with Crippen LogP contribution in [0.15, 0.2) is 35.3 Å². The number of rotatable bonds is 2. The number of nitrogens with one attached hydrogen (secondary N) is 1. The lowest BCUT2D eigenvalue weighted by Gasteiger charge is -2.09. The smallest absolute Gasteiger partial charge is 0.253 e. The number of fused-ring (bicyclic) bond motifs is 1. The molecule has 1 N–H and O–H groups in total. The zero-order valence-corrected chi connectivity index (χ0v) is 13.3. The number of nitrogens with zero attached hydrogens (tertiary/aromatic N) is 2. The van der Waals surface area contributed by atoms with Gasteiger partial charge in [0.2, 0.25) is 0 Å². The zero-order chi connectivity index (χ0) is 15.2. The molecule has 0 aromatic heterocycles. The van der Waals surface area contributed by atoms with Gasteiger partial charge in [-0.05, 0) is 25.0 Å². The molecule has 0 bridgehead atoms. The van der Waals surface area contributed by atoms with Crippen molar-refractivity contribution < 1.29 is 9.53 Å². The summed E-state index contributed by atoms with van der Waals surface area (Å²) >= 11 is 1.89. The molecule has 1 aromatic rings. The highest BCUT2D eigenvalue weighted by Crippen LogP contribution is 2.20. The highest BCUT2D eigenvalue weighted by atomic mass is 32.2. The third kappa shape index (κ3) is 4.01. The number of aliphatic imine (C=N–C) groups is 1. The largest absolute Gasteiger partial charge is 0.368 e. The normalized spacial score (nSPS) is 22.6. The summed E-state index contributed by atoms with van der Waals surface area (Å²) in [5.41, 5.74) is 0.827. The van der Waals surface area contributed by atoms with E-state index >= 15 is 0 Å². The van der Waals surface area contributed by atoms with Crippen molar-refractivity contribution in [3.05, 3.63) is 30.3 Å². The summed E-state index contributed by atoms with van der Waals surface area (Å²) in [6.07, 6.45) is 1.56. The number of para-hydroxylation sites is 1. The van der Waals surface area contributed by atoms with Crippen LogP contribution in [-0.4, -0.2) is 54.1 Å². The Hall–Kier alpha value is -1.53. The van der Waals surface area contributed by atoms with Crippen molar-refractivity contribution in [3.63, 3.8) is 0 Å². The van der Waals surface area contributed by atoms with Crippen molar-refractivity contribution in [1.82, 2.24) is 4.90 Å². The minimum absolute atomic E-state index is 0.0336. The third-order valence-electron chi connectivity index (χ3n) is 3.74. The van der Waals surface area contributed by atoms with Gasteiger partial charge in [-0.25, -0.2) is 0 Å². The molecule has 1 aromatic carbocycles. The molecule has 2 saturated heterocycles. The number of thioether (sulfide) groups is 1. The molecule has 1 amide bonds. The van der Waals surface area contributed by atoms with E-state index in [4.69, 9.17) is 4.74 Å². The Morgan fingerprint density at radius 2 is 2.18 bits per heavy atom. The molecule has 118 valence electrons. The topological polar surface area (TPSA) is 53.9 Å². The number of hydrogen-bond acceptors (Lipinski definition) is 5. The molecular formula is C16H21N3O2S. The first-order chi connectivity index (χ1) is 10.8. The molecule has 1 unspecified atom stereocenters. The molecule has 0 aliphatic carbocycles. The van der Waals surface area contributed by atoms with Gasteiger partial charge in [-0.1, -0.05) is 30.0 Å². The molecule has 1 atom stereocenters. The van der Waals surface area contributed by atoms with E-state index in [0.717, 1.165) is 25.1 Å². The van der Waals surface area contributed by atoms with Gasteiger partial charge < -0.3 is 15.0 Å². The molecule has 2 fully saturated rings. The van der Waals surface area contributed by atoms with Crippen LogP contribution in [0.3, 0.4) is 0 Å². The van der Waals surface area contributed by atoms with Gasteiger partial charge in [0, 0.05) is 31.1 Å². The maximum absolute atomic E-state index is 11.6. The lowest BCUT2D eigenvalue weighted by molar-refractivity contribution is -0.124. The van der Waals surface area contributed by atoms with E-state index in [1.807, 2.05) is 42.1 Å². The summed E-state index contributed by atoms with van der Waals surface area (Å²) in [6, 6.07) is 9.44. The van der Waals surface area contributed by atoms with Crippen LogP contribution in [0.1, 0.15) is 12.8 Å². The Balaban J connectivity index is 0.000000151. The minimum atomic E-state index is -0.254. The summed E-state index contributed by atoms with van der Waals surface area (Å²) in [7, 11) is 0. The number of hydrogen-bond donors (Lipinski definition) is 1. The Kier molecular flexibility index (Phi) is 5.34. The van der Waals surface area contributed by atoms with Crippen molar-refractivity contribution >= 4 is 28.5 Å². The number of amides is 1. The minimum Gasteiger partial charge on any atom is -0.368 e. The van der Waals surface area contributed by atoms with Crippen LogP contribution in [0.5, 0.6) is 0 Å². The summed E-state index contributed by atoms with van der Waals surface area (Å²) in [5, 5.41) is 4.10. The molecule has 5 nitrogen and oxygen atoms in total. The van der Waals surface area contributed by atoms with E-state index in [1.54, 1.807) is 0 Å². The molecule has 22 heavy (non-hydrogen) atoms. The van der Waals surface area contributed by atoms with E-state index in [2.05, 4.69) is 15.2 Å². The number of amidine groups is 1. The molecule has 0 radical (unpaired) electrons. The van der Waals surface area contributed by atoms with Gasteiger partial charge in [0.1, 0.15) is 6.10 Å². The standard InChI is InChI=1S/C11H13NO2.C5H8N2S/c13-11(10-7-4-8-14-10)12-9-5-2-1-3-6-9;1-2-7-3-4-8-5(7)6-1/h1-3,5-6,10H,4,7-8H2,(H,12,13);1-4H2. The molecule has 0 saturated carbocycles. The van der Waals surface area contributed by atoms with E-state index in [9.17, 15) is 4.79 Å². The first-order valence-electron chi connectivity index (χ1n) is 7.72. The lowest BCUT2D eigenvalue weighted by Crippen LogP contribution is -2.26. The van der Waals surface area contributed by atoms with E-state index in [0.29, 0.717) is 6.61 Å². The van der Waals surface area contributed by atoms with Crippen LogP contribution >= 0.6 is 11.8 Å². The summed E-state index contributed by atoms with van der Waals surface area (Å²) < 4.78 is 5.27. The Bertz CT molecular complexity index is 529. The van der Waals surface area contributed by atoms with Crippen LogP contribution in [0.4, 0.5) is 5.69 Å².